The lowest BCUT2D eigenvalue weighted by Gasteiger charge is -2.18. The van der Waals surface area contributed by atoms with Crippen molar-refractivity contribution in [1.29, 1.82) is 0 Å². The summed E-state index contributed by atoms with van der Waals surface area (Å²) in [6, 6.07) is 14.6. The molecule has 0 heterocycles. The summed E-state index contributed by atoms with van der Waals surface area (Å²) in [7, 11) is -0.474. The smallest absolute Gasteiger partial charge is 0.255 e. The second kappa shape index (κ2) is 10.6. The van der Waals surface area contributed by atoms with Gasteiger partial charge in [0.1, 0.15) is 11.5 Å². The van der Waals surface area contributed by atoms with Crippen molar-refractivity contribution in [3.63, 3.8) is 0 Å². The first kappa shape index (κ1) is 22.4. The Morgan fingerprint density at radius 2 is 1.86 bits per heavy atom. The SMILES string of the molecule is COc1ccc(/C=N/NC(=O)CN(CCc2ccccc2)S(C)(=O)=O)c(OC)c1. The zero-order valence-electron chi connectivity index (χ0n) is 16.7. The Labute approximate surface area is 171 Å². The van der Waals surface area contributed by atoms with E-state index in [9.17, 15) is 13.2 Å². The molecule has 0 aromatic heterocycles. The number of hydrazone groups is 1. The summed E-state index contributed by atoms with van der Waals surface area (Å²) in [6.45, 7) is -0.116. The van der Waals surface area contributed by atoms with Gasteiger partial charge in [-0.1, -0.05) is 30.3 Å². The molecule has 0 fully saturated rings. The van der Waals surface area contributed by atoms with Gasteiger partial charge in [-0.2, -0.15) is 9.41 Å². The maximum atomic E-state index is 12.2. The van der Waals surface area contributed by atoms with Gasteiger partial charge in [0.25, 0.3) is 5.91 Å². The third-order valence-corrected chi connectivity index (χ3v) is 5.36. The van der Waals surface area contributed by atoms with E-state index in [1.54, 1.807) is 25.3 Å². The molecule has 156 valence electrons. The van der Waals surface area contributed by atoms with Crippen LogP contribution in [0.4, 0.5) is 0 Å². The predicted molar refractivity (Wildman–Crippen MR) is 112 cm³/mol. The summed E-state index contributed by atoms with van der Waals surface area (Å²) in [4.78, 5) is 12.2. The van der Waals surface area contributed by atoms with Crippen molar-refractivity contribution in [3.8, 4) is 11.5 Å². The molecule has 0 aliphatic rings. The van der Waals surface area contributed by atoms with Gasteiger partial charge >= 0.3 is 0 Å². The van der Waals surface area contributed by atoms with Gasteiger partial charge in [-0.15, -0.1) is 0 Å². The molecular formula is C20H25N3O5S. The normalized spacial score (nSPS) is 11.6. The maximum absolute atomic E-state index is 12.2. The van der Waals surface area contributed by atoms with E-state index in [2.05, 4.69) is 10.5 Å². The van der Waals surface area contributed by atoms with Gasteiger partial charge in [0.2, 0.25) is 10.0 Å². The molecule has 0 saturated carbocycles. The zero-order chi connectivity index (χ0) is 21.3. The highest BCUT2D eigenvalue weighted by molar-refractivity contribution is 7.88. The molecule has 1 N–H and O–H groups in total. The molecule has 0 radical (unpaired) electrons. The number of sulfonamides is 1. The second-order valence-corrected chi connectivity index (χ2v) is 8.22. The number of methoxy groups -OCH3 is 2. The van der Waals surface area contributed by atoms with Crippen molar-refractivity contribution in [1.82, 2.24) is 9.73 Å². The van der Waals surface area contributed by atoms with Crippen LogP contribution in [0.5, 0.6) is 11.5 Å². The van der Waals surface area contributed by atoms with Crippen molar-refractivity contribution in [2.75, 3.05) is 33.6 Å². The van der Waals surface area contributed by atoms with Crippen LogP contribution in [0.3, 0.4) is 0 Å². The second-order valence-electron chi connectivity index (χ2n) is 6.23. The number of ether oxygens (including phenoxy) is 2. The first-order valence-corrected chi connectivity index (χ1v) is 10.7. The van der Waals surface area contributed by atoms with Crippen molar-refractivity contribution >= 4 is 22.1 Å². The number of hydrogen-bond acceptors (Lipinski definition) is 6. The maximum Gasteiger partial charge on any atom is 0.255 e. The molecule has 9 heteroatoms. The molecule has 0 saturated heterocycles. The first-order chi connectivity index (χ1) is 13.8. The summed E-state index contributed by atoms with van der Waals surface area (Å²) < 4.78 is 35.5. The van der Waals surface area contributed by atoms with Crippen LogP contribution in [0.1, 0.15) is 11.1 Å². The van der Waals surface area contributed by atoms with E-state index in [1.165, 1.54) is 13.3 Å². The number of benzene rings is 2. The number of nitrogens with zero attached hydrogens (tertiary/aromatic N) is 2. The third kappa shape index (κ3) is 7.20. The fraction of sp³-hybridized carbons (Fsp3) is 0.300. The quantitative estimate of drug-likeness (QED) is 0.467. The number of hydrogen-bond donors (Lipinski definition) is 1. The summed E-state index contributed by atoms with van der Waals surface area (Å²) in [5.41, 5.74) is 3.98. The number of rotatable bonds is 10. The van der Waals surface area contributed by atoms with Crippen LogP contribution in [-0.2, 0) is 21.2 Å². The van der Waals surface area contributed by atoms with E-state index in [0.717, 1.165) is 16.1 Å². The van der Waals surface area contributed by atoms with E-state index in [-0.39, 0.29) is 13.1 Å². The molecule has 0 bridgehead atoms. The Bertz CT molecular complexity index is 946. The van der Waals surface area contributed by atoms with Gasteiger partial charge in [0.05, 0.1) is 33.2 Å². The first-order valence-electron chi connectivity index (χ1n) is 8.86. The average molecular weight is 420 g/mol. The Kier molecular flexibility index (Phi) is 8.17. The molecule has 2 aromatic carbocycles. The third-order valence-electron chi connectivity index (χ3n) is 4.12. The number of nitrogens with one attached hydrogen (secondary N) is 1. The van der Waals surface area contributed by atoms with Crippen LogP contribution >= 0.6 is 0 Å². The number of amides is 1. The molecule has 0 aliphatic heterocycles. The molecule has 0 atom stereocenters. The van der Waals surface area contributed by atoms with Crippen LogP contribution in [0.25, 0.3) is 0 Å². The standard InChI is InChI=1S/C20H25N3O5S/c1-27-18-10-9-17(19(13-18)28-2)14-21-22-20(24)15-23(29(3,25)26)12-11-16-7-5-4-6-8-16/h4-10,13-14H,11-12,15H2,1-3H3,(H,22,24)/b21-14+. The Morgan fingerprint density at radius 1 is 1.14 bits per heavy atom. The molecule has 0 spiro atoms. The summed E-state index contributed by atoms with van der Waals surface area (Å²) in [6.07, 6.45) is 3.01. The lowest BCUT2D eigenvalue weighted by Crippen LogP contribution is -2.40. The highest BCUT2D eigenvalue weighted by Gasteiger charge is 2.19. The van der Waals surface area contributed by atoms with Gasteiger partial charge < -0.3 is 9.47 Å². The highest BCUT2D eigenvalue weighted by atomic mass is 32.2. The fourth-order valence-corrected chi connectivity index (χ4v) is 3.33. The molecule has 29 heavy (non-hydrogen) atoms. The van der Waals surface area contributed by atoms with E-state index >= 15 is 0 Å². The highest BCUT2D eigenvalue weighted by Crippen LogP contribution is 2.22. The lowest BCUT2D eigenvalue weighted by atomic mass is 10.1. The average Bonchev–Trinajstić information content (AvgIpc) is 2.71. The summed E-state index contributed by atoms with van der Waals surface area (Å²) in [5, 5.41) is 3.89. The molecule has 0 unspecified atom stereocenters. The van der Waals surface area contributed by atoms with Crippen LogP contribution in [0, 0.1) is 0 Å². The predicted octanol–water partition coefficient (Wildman–Crippen LogP) is 1.66. The Morgan fingerprint density at radius 3 is 2.48 bits per heavy atom. The molecular weight excluding hydrogens is 394 g/mol. The Hall–Kier alpha value is -2.91. The van der Waals surface area contributed by atoms with Crippen molar-refractivity contribution in [2.45, 2.75) is 6.42 Å². The molecule has 1 amide bonds. The van der Waals surface area contributed by atoms with E-state index < -0.39 is 15.9 Å². The van der Waals surface area contributed by atoms with E-state index in [4.69, 9.17) is 9.47 Å². The van der Waals surface area contributed by atoms with Crippen LogP contribution in [0.2, 0.25) is 0 Å². The summed E-state index contributed by atoms with van der Waals surface area (Å²) in [5.74, 6) is 0.625. The summed E-state index contributed by atoms with van der Waals surface area (Å²) >= 11 is 0. The zero-order valence-corrected chi connectivity index (χ0v) is 17.5. The van der Waals surface area contributed by atoms with Gasteiger partial charge in [-0.3, -0.25) is 4.79 Å². The monoisotopic (exact) mass is 419 g/mol. The van der Waals surface area contributed by atoms with E-state index in [1.807, 2.05) is 30.3 Å². The molecule has 2 aromatic rings. The van der Waals surface area contributed by atoms with Crippen LogP contribution < -0.4 is 14.9 Å². The lowest BCUT2D eigenvalue weighted by molar-refractivity contribution is -0.121. The Balaban J connectivity index is 1.97. The van der Waals surface area contributed by atoms with E-state index in [0.29, 0.717) is 23.5 Å². The largest absolute Gasteiger partial charge is 0.497 e. The van der Waals surface area contributed by atoms with Gasteiger partial charge in [0, 0.05) is 18.2 Å². The molecule has 0 aliphatic carbocycles. The number of carbonyl (C=O) groups excluding carboxylic acids is 1. The molecule has 8 nitrogen and oxygen atoms in total. The van der Waals surface area contributed by atoms with Gasteiger partial charge in [0.15, 0.2) is 0 Å². The number of carbonyl (C=O) groups is 1. The van der Waals surface area contributed by atoms with Crippen LogP contribution in [-0.4, -0.2) is 58.4 Å². The van der Waals surface area contributed by atoms with Crippen molar-refractivity contribution < 1.29 is 22.7 Å². The minimum absolute atomic E-state index is 0.201. The minimum atomic E-state index is -3.54. The van der Waals surface area contributed by atoms with Gasteiger partial charge in [-0.05, 0) is 24.1 Å². The topological polar surface area (TPSA) is 97.3 Å². The minimum Gasteiger partial charge on any atom is -0.497 e. The fourth-order valence-electron chi connectivity index (χ4n) is 2.56. The molecule has 2 rings (SSSR count). The van der Waals surface area contributed by atoms with Gasteiger partial charge in [-0.25, -0.2) is 13.8 Å². The van der Waals surface area contributed by atoms with Crippen molar-refractivity contribution in [2.24, 2.45) is 5.10 Å². The van der Waals surface area contributed by atoms with Crippen molar-refractivity contribution in [3.05, 3.63) is 59.7 Å². The van der Waals surface area contributed by atoms with Crippen LogP contribution in [0.15, 0.2) is 53.6 Å².